The van der Waals surface area contributed by atoms with Crippen molar-refractivity contribution in [1.29, 1.82) is 0 Å². The zero-order valence-electron chi connectivity index (χ0n) is 13.3. The lowest BCUT2D eigenvalue weighted by Crippen LogP contribution is -2.34. The maximum atomic E-state index is 11.9. The largest absolute Gasteiger partial charge is 0.490 e. The van der Waals surface area contributed by atoms with E-state index < -0.39 is 0 Å². The number of hydrogen-bond acceptors (Lipinski definition) is 4. The highest BCUT2D eigenvalue weighted by Crippen LogP contribution is 2.30. The Labute approximate surface area is 126 Å². The van der Waals surface area contributed by atoms with E-state index in [0.717, 1.165) is 11.3 Å². The molecule has 0 bridgehead atoms. The summed E-state index contributed by atoms with van der Waals surface area (Å²) in [5.74, 6) is 1.18. The summed E-state index contributed by atoms with van der Waals surface area (Å²) in [5.41, 5.74) is 6.48. The highest BCUT2D eigenvalue weighted by molar-refractivity contribution is 5.78. The zero-order chi connectivity index (χ0) is 15.8. The van der Waals surface area contributed by atoms with Gasteiger partial charge in [-0.05, 0) is 38.5 Å². The zero-order valence-corrected chi connectivity index (χ0v) is 13.3. The van der Waals surface area contributed by atoms with Crippen LogP contribution < -0.4 is 20.5 Å². The fourth-order valence-corrected chi connectivity index (χ4v) is 1.88. The number of benzene rings is 1. The van der Waals surface area contributed by atoms with Gasteiger partial charge in [-0.25, -0.2) is 0 Å². The molecular weight excluding hydrogens is 268 g/mol. The Morgan fingerprint density at radius 2 is 1.81 bits per heavy atom. The SMILES string of the molecule is CCOc1ccc(C(C)NC(=O)C(C)CN)cc1OCC. The number of amides is 1. The maximum absolute atomic E-state index is 11.9. The van der Waals surface area contributed by atoms with Gasteiger partial charge >= 0.3 is 0 Å². The smallest absolute Gasteiger partial charge is 0.224 e. The molecule has 0 aliphatic heterocycles. The van der Waals surface area contributed by atoms with E-state index in [-0.39, 0.29) is 17.9 Å². The van der Waals surface area contributed by atoms with E-state index in [4.69, 9.17) is 15.2 Å². The van der Waals surface area contributed by atoms with Crippen LogP contribution in [0.25, 0.3) is 0 Å². The summed E-state index contributed by atoms with van der Waals surface area (Å²) in [6.07, 6.45) is 0. The summed E-state index contributed by atoms with van der Waals surface area (Å²) >= 11 is 0. The second-order valence-electron chi connectivity index (χ2n) is 4.94. The summed E-state index contributed by atoms with van der Waals surface area (Å²) in [4.78, 5) is 11.9. The first-order valence-corrected chi connectivity index (χ1v) is 7.43. The van der Waals surface area contributed by atoms with Crippen LogP contribution in [-0.4, -0.2) is 25.7 Å². The van der Waals surface area contributed by atoms with Crippen molar-refractivity contribution in [2.24, 2.45) is 11.7 Å². The van der Waals surface area contributed by atoms with Gasteiger partial charge in [0.25, 0.3) is 0 Å². The normalized spacial score (nSPS) is 13.4. The molecule has 0 radical (unpaired) electrons. The molecule has 1 rings (SSSR count). The average Bonchev–Trinajstić information content (AvgIpc) is 2.48. The molecule has 5 nitrogen and oxygen atoms in total. The third-order valence-electron chi connectivity index (χ3n) is 3.23. The molecule has 0 fully saturated rings. The van der Waals surface area contributed by atoms with Crippen LogP contribution in [0.15, 0.2) is 18.2 Å². The van der Waals surface area contributed by atoms with Crippen LogP contribution in [0.3, 0.4) is 0 Å². The fourth-order valence-electron chi connectivity index (χ4n) is 1.88. The second-order valence-corrected chi connectivity index (χ2v) is 4.94. The second kappa shape index (κ2) is 8.52. The molecule has 0 saturated carbocycles. The van der Waals surface area contributed by atoms with Crippen molar-refractivity contribution in [3.8, 4) is 11.5 Å². The Kier molecular flexibility index (Phi) is 7.02. The third kappa shape index (κ3) is 4.93. The van der Waals surface area contributed by atoms with Crippen molar-refractivity contribution < 1.29 is 14.3 Å². The topological polar surface area (TPSA) is 73.6 Å². The van der Waals surface area contributed by atoms with Crippen LogP contribution in [0, 0.1) is 5.92 Å². The average molecular weight is 294 g/mol. The Hall–Kier alpha value is -1.75. The first-order valence-electron chi connectivity index (χ1n) is 7.43. The van der Waals surface area contributed by atoms with Gasteiger partial charge in [-0.2, -0.15) is 0 Å². The van der Waals surface area contributed by atoms with Gasteiger partial charge in [-0.3, -0.25) is 4.79 Å². The van der Waals surface area contributed by atoms with Crippen LogP contribution in [0.1, 0.15) is 39.3 Å². The lowest BCUT2D eigenvalue weighted by atomic mass is 10.1. The van der Waals surface area contributed by atoms with Crippen molar-refractivity contribution in [3.05, 3.63) is 23.8 Å². The van der Waals surface area contributed by atoms with Crippen LogP contribution in [0.5, 0.6) is 11.5 Å². The summed E-state index contributed by atoms with van der Waals surface area (Å²) in [5, 5.41) is 2.95. The van der Waals surface area contributed by atoms with E-state index in [2.05, 4.69) is 5.32 Å². The summed E-state index contributed by atoms with van der Waals surface area (Å²) < 4.78 is 11.1. The Morgan fingerprint density at radius 1 is 1.19 bits per heavy atom. The minimum Gasteiger partial charge on any atom is -0.490 e. The van der Waals surface area contributed by atoms with Crippen molar-refractivity contribution >= 4 is 5.91 Å². The summed E-state index contributed by atoms with van der Waals surface area (Å²) in [6.45, 7) is 9.09. The number of nitrogens with one attached hydrogen (secondary N) is 1. The highest BCUT2D eigenvalue weighted by atomic mass is 16.5. The fraction of sp³-hybridized carbons (Fsp3) is 0.562. The van der Waals surface area contributed by atoms with Crippen LogP contribution in [0.4, 0.5) is 0 Å². The van der Waals surface area contributed by atoms with Gasteiger partial charge in [-0.1, -0.05) is 13.0 Å². The van der Waals surface area contributed by atoms with E-state index >= 15 is 0 Å². The quantitative estimate of drug-likeness (QED) is 0.771. The predicted octanol–water partition coefficient (Wildman–Crippen LogP) is 2.26. The van der Waals surface area contributed by atoms with Gasteiger partial charge in [0.2, 0.25) is 5.91 Å². The molecule has 0 heterocycles. The van der Waals surface area contributed by atoms with Gasteiger partial charge < -0.3 is 20.5 Å². The molecule has 0 saturated heterocycles. The number of nitrogens with two attached hydrogens (primary N) is 1. The predicted molar refractivity (Wildman–Crippen MR) is 83.6 cm³/mol. The third-order valence-corrected chi connectivity index (χ3v) is 3.23. The molecule has 0 aliphatic carbocycles. The van der Waals surface area contributed by atoms with E-state index in [1.54, 1.807) is 0 Å². The summed E-state index contributed by atoms with van der Waals surface area (Å²) in [6, 6.07) is 5.61. The van der Waals surface area contributed by atoms with E-state index in [1.807, 2.05) is 45.9 Å². The van der Waals surface area contributed by atoms with Gasteiger partial charge in [-0.15, -0.1) is 0 Å². The van der Waals surface area contributed by atoms with E-state index in [9.17, 15) is 4.79 Å². The molecule has 1 aromatic carbocycles. The van der Waals surface area contributed by atoms with Crippen molar-refractivity contribution in [3.63, 3.8) is 0 Å². The van der Waals surface area contributed by atoms with E-state index in [1.165, 1.54) is 0 Å². The molecule has 2 unspecified atom stereocenters. The first-order chi connectivity index (χ1) is 10.0. The molecule has 5 heteroatoms. The van der Waals surface area contributed by atoms with Gasteiger partial charge in [0.1, 0.15) is 0 Å². The number of carbonyl (C=O) groups excluding carboxylic acids is 1. The van der Waals surface area contributed by atoms with Crippen molar-refractivity contribution in [2.75, 3.05) is 19.8 Å². The molecule has 0 spiro atoms. The molecule has 1 amide bonds. The molecule has 1 aromatic rings. The van der Waals surface area contributed by atoms with E-state index in [0.29, 0.717) is 25.5 Å². The molecule has 118 valence electrons. The Bertz CT molecular complexity index is 463. The Morgan fingerprint density at radius 3 is 2.38 bits per heavy atom. The van der Waals surface area contributed by atoms with Crippen LogP contribution in [-0.2, 0) is 4.79 Å². The van der Waals surface area contributed by atoms with Gasteiger partial charge in [0, 0.05) is 12.5 Å². The molecule has 21 heavy (non-hydrogen) atoms. The lowest BCUT2D eigenvalue weighted by Gasteiger charge is -2.19. The lowest BCUT2D eigenvalue weighted by molar-refractivity contribution is -0.124. The summed E-state index contributed by atoms with van der Waals surface area (Å²) in [7, 11) is 0. The number of rotatable bonds is 8. The number of ether oxygens (including phenoxy) is 2. The number of carbonyl (C=O) groups is 1. The minimum atomic E-state index is -0.193. The highest BCUT2D eigenvalue weighted by Gasteiger charge is 2.16. The van der Waals surface area contributed by atoms with Crippen LogP contribution in [0.2, 0.25) is 0 Å². The molecule has 2 atom stereocenters. The van der Waals surface area contributed by atoms with Gasteiger partial charge in [0.05, 0.1) is 19.3 Å². The standard InChI is InChI=1S/C16H26N2O3/c1-5-20-14-8-7-13(9-15(14)21-6-2)12(4)18-16(19)11(3)10-17/h7-9,11-12H,5-6,10,17H2,1-4H3,(H,18,19). The molecular formula is C16H26N2O3. The first kappa shape index (κ1) is 17.3. The molecule has 3 N–H and O–H groups in total. The van der Waals surface area contributed by atoms with Crippen molar-refractivity contribution in [1.82, 2.24) is 5.32 Å². The monoisotopic (exact) mass is 294 g/mol. The number of hydrogen-bond donors (Lipinski definition) is 2. The van der Waals surface area contributed by atoms with Crippen LogP contribution >= 0.6 is 0 Å². The molecule has 0 aromatic heterocycles. The van der Waals surface area contributed by atoms with Gasteiger partial charge in [0.15, 0.2) is 11.5 Å². The minimum absolute atomic E-state index is 0.0446. The molecule has 0 aliphatic rings. The Balaban J connectivity index is 2.86. The maximum Gasteiger partial charge on any atom is 0.224 e. The van der Waals surface area contributed by atoms with Crippen molar-refractivity contribution in [2.45, 2.75) is 33.7 Å².